The minimum absolute atomic E-state index is 0.00773. The second-order valence-corrected chi connectivity index (χ2v) is 11.1. The number of urea groups is 1. The predicted octanol–water partition coefficient (Wildman–Crippen LogP) is 4.66. The van der Waals surface area contributed by atoms with Gasteiger partial charge in [-0.05, 0) is 40.8 Å². The van der Waals surface area contributed by atoms with E-state index in [2.05, 4.69) is 25.8 Å². The Morgan fingerprint density at radius 1 is 1.00 bits per heavy atom. The number of amides is 2. The molecule has 2 heterocycles. The van der Waals surface area contributed by atoms with Crippen molar-refractivity contribution in [3.8, 4) is 11.1 Å². The molecule has 4 aromatic rings. The molecule has 3 aromatic carbocycles. The van der Waals surface area contributed by atoms with Crippen molar-refractivity contribution in [1.29, 1.82) is 0 Å². The average molecular weight is 618 g/mol. The number of benzene rings is 3. The van der Waals surface area contributed by atoms with Crippen molar-refractivity contribution < 1.29 is 28.9 Å². The smallest absolute Gasteiger partial charge is 0.325 e. The molecular formula is C32H35N5O6S. The van der Waals surface area contributed by atoms with Gasteiger partial charge in [-0.25, -0.2) is 9.78 Å². The fourth-order valence-electron chi connectivity index (χ4n) is 4.76. The number of aliphatic hydroxyl groups is 1. The largest absolute Gasteiger partial charge is 0.465 e. The number of thioether (sulfide) groups is 1. The van der Waals surface area contributed by atoms with Crippen LogP contribution in [0.15, 0.2) is 84.3 Å². The van der Waals surface area contributed by atoms with Crippen molar-refractivity contribution in [2.45, 2.75) is 50.2 Å². The van der Waals surface area contributed by atoms with E-state index in [0.717, 1.165) is 38.5 Å². The quantitative estimate of drug-likeness (QED) is 0.132. The molecule has 1 aromatic heterocycles. The Morgan fingerprint density at radius 2 is 1.80 bits per heavy atom. The molecule has 2 amide bonds. The van der Waals surface area contributed by atoms with E-state index in [1.807, 2.05) is 72.8 Å². The number of hydrogen-bond donors (Lipinski definition) is 4. The van der Waals surface area contributed by atoms with Crippen LogP contribution in [0.3, 0.4) is 0 Å². The first-order chi connectivity index (χ1) is 21.5. The molecular weight excluding hydrogens is 582 g/mol. The number of hydrogen-bond acceptors (Lipinski definition) is 9. The Bertz CT molecular complexity index is 1500. The summed E-state index contributed by atoms with van der Waals surface area (Å²) in [6.45, 7) is 2.09. The highest BCUT2D eigenvalue weighted by Gasteiger charge is 2.32. The van der Waals surface area contributed by atoms with Crippen LogP contribution in [-0.2, 0) is 32.2 Å². The Balaban J connectivity index is 1.24. The van der Waals surface area contributed by atoms with E-state index in [-0.39, 0.29) is 32.0 Å². The number of aromatic nitrogens is 3. The van der Waals surface area contributed by atoms with E-state index in [1.54, 1.807) is 18.7 Å². The van der Waals surface area contributed by atoms with Gasteiger partial charge < -0.3 is 30.0 Å². The number of nitrogens with one attached hydrogen (secondary N) is 3. The van der Waals surface area contributed by atoms with Gasteiger partial charge in [0.05, 0.1) is 25.4 Å². The summed E-state index contributed by atoms with van der Waals surface area (Å²) in [5.74, 6) is 0.199. The van der Waals surface area contributed by atoms with E-state index >= 15 is 0 Å². The lowest BCUT2D eigenvalue weighted by molar-refractivity contribution is -0.245. The van der Waals surface area contributed by atoms with Gasteiger partial charge in [-0.3, -0.25) is 9.89 Å². The molecule has 0 radical (unpaired) electrons. The van der Waals surface area contributed by atoms with Crippen molar-refractivity contribution in [3.63, 3.8) is 0 Å². The minimum Gasteiger partial charge on any atom is -0.465 e. The highest BCUT2D eigenvalue weighted by molar-refractivity contribution is 7.99. The number of carbonyl (C=O) groups is 2. The number of aromatic amines is 1. The third-order valence-electron chi connectivity index (χ3n) is 7.01. The molecule has 1 aliphatic heterocycles. The number of rotatable bonds is 12. The molecule has 1 aliphatic rings. The van der Waals surface area contributed by atoms with Crippen molar-refractivity contribution in [2.75, 3.05) is 18.9 Å². The van der Waals surface area contributed by atoms with Gasteiger partial charge in [-0.1, -0.05) is 78.5 Å². The van der Waals surface area contributed by atoms with Crippen LogP contribution in [-0.4, -0.2) is 57.3 Å². The van der Waals surface area contributed by atoms with Crippen LogP contribution >= 0.6 is 11.8 Å². The molecule has 0 spiro atoms. The summed E-state index contributed by atoms with van der Waals surface area (Å²) >= 11 is 1.55. The summed E-state index contributed by atoms with van der Waals surface area (Å²) in [6.07, 6.45) is 1.32. The molecule has 0 unspecified atom stereocenters. The number of aliphatic hydroxyl groups excluding tert-OH is 1. The van der Waals surface area contributed by atoms with Gasteiger partial charge in [0.1, 0.15) is 12.9 Å². The number of ether oxygens (including phenoxy) is 3. The Labute approximate surface area is 259 Å². The van der Waals surface area contributed by atoms with Crippen LogP contribution in [0.2, 0.25) is 0 Å². The summed E-state index contributed by atoms with van der Waals surface area (Å²) in [4.78, 5) is 27.7. The Morgan fingerprint density at radius 3 is 2.52 bits per heavy atom. The van der Waals surface area contributed by atoms with Crippen LogP contribution in [0.4, 0.5) is 4.79 Å². The summed E-state index contributed by atoms with van der Waals surface area (Å²) < 4.78 is 17.7. The lowest BCUT2D eigenvalue weighted by Gasteiger charge is -2.36. The van der Waals surface area contributed by atoms with E-state index in [9.17, 15) is 14.7 Å². The highest BCUT2D eigenvalue weighted by Crippen LogP contribution is 2.39. The number of H-pyrrole nitrogens is 1. The molecule has 0 saturated carbocycles. The second-order valence-electron chi connectivity index (χ2n) is 10.1. The SMILES string of the molecule is CCOC(=O)CNC(=O)NCc1cccc(-c2ccc([C@@H]3O[C@H](CSc4ncn[nH]4)C[C@H](c4ccc(CO)cc4)O3)cc2)c1. The van der Waals surface area contributed by atoms with Crippen LogP contribution in [0.1, 0.15) is 48.0 Å². The van der Waals surface area contributed by atoms with Crippen LogP contribution in [0, 0.1) is 0 Å². The van der Waals surface area contributed by atoms with Crippen LogP contribution in [0.5, 0.6) is 0 Å². The van der Waals surface area contributed by atoms with E-state index in [4.69, 9.17) is 14.2 Å². The summed E-state index contributed by atoms with van der Waals surface area (Å²) in [5.41, 5.74) is 5.70. The zero-order chi connectivity index (χ0) is 30.7. The van der Waals surface area contributed by atoms with Crippen LogP contribution in [0.25, 0.3) is 11.1 Å². The first kappa shape index (κ1) is 31.2. The van der Waals surface area contributed by atoms with Gasteiger partial charge in [0.15, 0.2) is 11.4 Å². The van der Waals surface area contributed by atoms with E-state index < -0.39 is 18.3 Å². The lowest BCUT2D eigenvalue weighted by atomic mass is 9.99. The Kier molecular flexibility index (Phi) is 11.0. The van der Waals surface area contributed by atoms with Crippen LogP contribution < -0.4 is 10.6 Å². The third-order valence-corrected chi connectivity index (χ3v) is 8.02. The minimum atomic E-state index is -0.565. The zero-order valence-corrected chi connectivity index (χ0v) is 25.1. The molecule has 1 saturated heterocycles. The maximum Gasteiger partial charge on any atom is 0.325 e. The zero-order valence-electron chi connectivity index (χ0n) is 24.3. The number of esters is 1. The number of carbonyl (C=O) groups excluding carboxylic acids is 2. The van der Waals surface area contributed by atoms with Crippen molar-refractivity contribution >= 4 is 23.8 Å². The second kappa shape index (κ2) is 15.5. The van der Waals surface area contributed by atoms with Gasteiger partial charge in [0.2, 0.25) is 0 Å². The fourth-order valence-corrected chi connectivity index (χ4v) is 5.56. The molecule has 0 bridgehead atoms. The maximum absolute atomic E-state index is 12.1. The molecule has 4 N–H and O–H groups in total. The topological polar surface area (TPSA) is 148 Å². The maximum atomic E-state index is 12.1. The van der Waals surface area contributed by atoms with Crippen molar-refractivity contribution in [2.24, 2.45) is 0 Å². The summed E-state index contributed by atoms with van der Waals surface area (Å²) in [7, 11) is 0. The fraction of sp³-hybridized carbons (Fsp3) is 0.312. The molecule has 12 heteroatoms. The van der Waals surface area contributed by atoms with Gasteiger partial charge >= 0.3 is 12.0 Å². The summed E-state index contributed by atoms with van der Waals surface area (Å²) in [5, 5.41) is 22.2. The first-order valence-electron chi connectivity index (χ1n) is 14.4. The normalized spacial score (nSPS) is 18.0. The van der Waals surface area contributed by atoms with Gasteiger partial charge in [0.25, 0.3) is 0 Å². The van der Waals surface area contributed by atoms with Crippen molar-refractivity contribution in [3.05, 3.63) is 101 Å². The monoisotopic (exact) mass is 617 g/mol. The first-order valence-corrected chi connectivity index (χ1v) is 15.3. The van der Waals surface area contributed by atoms with Crippen molar-refractivity contribution in [1.82, 2.24) is 25.8 Å². The van der Waals surface area contributed by atoms with E-state index in [1.165, 1.54) is 6.33 Å². The molecule has 44 heavy (non-hydrogen) atoms. The standard InChI is InChI=1S/C32H35N5O6S/c1-2-41-29(39)17-34-31(40)33-16-22-4-3-5-26(14-22)23-10-12-25(13-11-23)30-42-27(19-44-32-35-20-36-37-32)15-28(43-30)24-8-6-21(18-38)7-9-24/h3-14,20,27-28,30,38H,2,15-19H2,1H3,(H2,33,34,40)(H,35,36,37)/t27-,28+,30+/m0/s1. The van der Waals surface area contributed by atoms with Gasteiger partial charge in [-0.15, -0.1) is 0 Å². The highest BCUT2D eigenvalue weighted by atomic mass is 32.2. The molecule has 5 rings (SSSR count). The van der Waals surface area contributed by atoms with Gasteiger partial charge in [0, 0.05) is 24.3 Å². The lowest BCUT2D eigenvalue weighted by Crippen LogP contribution is -2.38. The molecule has 0 aliphatic carbocycles. The molecule has 3 atom stereocenters. The molecule has 11 nitrogen and oxygen atoms in total. The molecule has 230 valence electrons. The summed E-state index contributed by atoms with van der Waals surface area (Å²) in [6, 6.07) is 23.3. The average Bonchev–Trinajstić information content (AvgIpc) is 3.60. The molecule has 1 fully saturated rings. The van der Waals surface area contributed by atoms with Gasteiger partial charge in [-0.2, -0.15) is 5.10 Å². The van der Waals surface area contributed by atoms with E-state index in [0.29, 0.717) is 18.7 Å². The Hall–Kier alpha value is -4.23. The predicted molar refractivity (Wildman–Crippen MR) is 164 cm³/mol. The third kappa shape index (κ3) is 8.66. The number of nitrogens with zero attached hydrogens (tertiary/aromatic N) is 2.